The van der Waals surface area contributed by atoms with Gasteiger partial charge in [-0.25, -0.2) is 4.79 Å². The number of benzene rings is 1. The molecule has 5 unspecified atom stereocenters. The van der Waals surface area contributed by atoms with Crippen molar-refractivity contribution in [3.63, 3.8) is 0 Å². The molecular formula is C21H25NO3. The Morgan fingerprint density at radius 1 is 1.16 bits per heavy atom. The van der Waals surface area contributed by atoms with Crippen LogP contribution in [0, 0.1) is 17.8 Å². The molecule has 1 saturated heterocycles. The minimum atomic E-state index is -0.804. The zero-order valence-electron chi connectivity index (χ0n) is 14.5. The highest BCUT2D eigenvalue weighted by molar-refractivity contribution is 5.89. The Morgan fingerprint density at radius 2 is 2.00 bits per heavy atom. The second kappa shape index (κ2) is 5.33. The van der Waals surface area contributed by atoms with E-state index in [0.29, 0.717) is 12.5 Å². The van der Waals surface area contributed by atoms with Crippen molar-refractivity contribution in [3.8, 4) is 0 Å². The number of nitrogens with zero attached hydrogens (tertiary/aromatic N) is 1. The van der Waals surface area contributed by atoms with Crippen LogP contribution in [0.5, 0.6) is 0 Å². The summed E-state index contributed by atoms with van der Waals surface area (Å²) in [6.07, 6.45) is 7.36. The average Bonchev–Trinajstić information content (AvgIpc) is 2.96. The number of fused-ring (bicyclic) bond motifs is 3. The lowest BCUT2D eigenvalue weighted by Gasteiger charge is -2.29. The second-order valence-corrected chi connectivity index (χ2v) is 8.55. The molecule has 1 aromatic rings. The third-order valence-electron chi connectivity index (χ3n) is 7.42. The van der Waals surface area contributed by atoms with Gasteiger partial charge in [-0.2, -0.15) is 0 Å². The monoisotopic (exact) mass is 339 g/mol. The van der Waals surface area contributed by atoms with Gasteiger partial charge in [0, 0.05) is 17.9 Å². The molecule has 3 fully saturated rings. The summed E-state index contributed by atoms with van der Waals surface area (Å²) < 4.78 is 0. The number of carbonyl (C=O) groups is 2. The summed E-state index contributed by atoms with van der Waals surface area (Å²) >= 11 is 0. The Bertz CT molecular complexity index is 744. The van der Waals surface area contributed by atoms with Crippen LogP contribution in [-0.4, -0.2) is 34.5 Å². The number of likely N-dealkylation sites (tertiary alicyclic amines) is 1. The molecule has 0 radical (unpaired) electrons. The first-order valence-electron chi connectivity index (χ1n) is 9.73. The number of amides is 1. The summed E-state index contributed by atoms with van der Waals surface area (Å²) in [5.74, 6) is -0.122. The average molecular weight is 339 g/mol. The van der Waals surface area contributed by atoms with Crippen LogP contribution < -0.4 is 0 Å². The molecule has 3 aliphatic carbocycles. The van der Waals surface area contributed by atoms with Crippen LogP contribution in [0.3, 0.4) is 0 Å². The molecule has 25 heavy (non-hydrogen) atoms. The summed E-state index contributed by atoms with van der Waals surface area (Å²) in [7, 11) is 0. The number of carbonyl (C=O) groups excluding carboxylic acids is 1. The van der Waals surface area contributed by atoms with Crippen molar-refractivity contribution in [1.29, 1.82) is 0 Å². The van der Waals surface area contributed by atoms with Crippen molar-refractivity contribution in [1.82, 2.24) is 4.90 Å². The van der Waals surface area contributed by atoms with E-state index in [4.69, 9.17) is 0 Å². The Hall–Kier alpha value is -1.84. The van der Waals surface area contributed by atoms with E-state index in [1.54, 1.807) is 4.90 Å². The maximum absolute atomic E-state index is 13.3. The summed E-state index contributed by atoms with van der Waals surface area (Å²) in [5, 5.41) is 9.75. The number of hydrogen-bond acceptors (Lipinski definition) is 2. The van der Waals surface area contributed by atoms with Gasteiger partial charge in [-0.05, 0) is 61.5 Å². The van der Waals surface area contributed by atoms with E-state index in [0.717, 1.165) is 44.9 Å². The van der Waals surface area contributed by atoms with E-state index in [1.165, 1.54) is 11.1 Å². The van der Waals surface area contributed by atoms with Gasteiger partial charge in [-0.1, -0.05) is 30.7 Å². The lowest BCUT2D eigenvalue weighted by Crippen LogP contribution is -2.45. The molecule has 5 atom stereocenters. The molecule has 1 heterocycles. The van der Waals surface area contributed by atoms with Gasteiger partial charge >= 0.3 is 5.97 Å². The highest BCUT2D eigenvalue weighted by Gasteiger charge is 2.63. The van der Waals surface area contributed by atoms with E-state index in [-0.39, 0.29) is 23.2 Å². The van der Waals surface area contributed by atoms with Gasteiger partial charge in [0.25, 0.3) is 0 Å². The Balaban J connectivity index is 1.43. The van der Waals surface area contributed by atoms with Crippen LogP contribution in [0.2, 0.25) is 0 Å². The molecule has 0 aromatic heterocycles. The first-order chi connectivity index (χ1) is 12.1. The van der Waals surface area contributed by atoms with Crippen LogP contribution in [0.25, 0.3) is 0 Å². The Morgan fingerprint density at radius 3 is 2.84 bits per heavy atom. The maximum atomic E-state index is 13.3. The van der Waals surface area contributed by atoms with Gasteiger partial charge in [0.1, 0.15) is 6.04 Å². The number of carboxylic acids is 1. The summed E-state index contributed by atoms with van der Waals surface area (Å²) in [6, 6.07) is 7.95. The Kier molecular flexibility index (Phi) is 3.28. The Labute approximate surface area is 148 Å². The van der Waals surface area contributed by atoms with Crippen molar-refractivity contribution in [2.24, 2.45) is 17.8 Å². The van der Waals surface area contributed by atoms with E-state index in [1.807, 2.05) is 0 Å². The minimum absolute atomic E-state index is 0.00498. The lowest BCUT2D eigenvalue weighted by molar-refractivity contribution is -0.150. The number of rotatable bonds is 2. The van der Waals surface area contributed by atoms with Crippen molar-refractivity contribution in [2.45, 2.75) is 56.4 Å². The van der Waals surface area contributed by atoms with Gasteiger partial charge < -0.3 is 10.0 Å². The highest BCUT2D eigenvalue weighted by Crippen LogP contribution is 2.61. The highest BCUT2D eigenvalue weighted by atomic mass is 16.4. The van der Waals surface area contributed by atoms with Crippen molar-refractivity contribution >= 4 is 11.9 Å². The molecule has 4 nitrogen and oxygen atoms in total. The molecule has 4 heteroatoms. The molecule has 4 aliphatic rings. The summed E-state index contributed by atoms with van der Waals surface area (Å²) in [6.45, 7) is 0.661. The van der Waals surface area contributed by atoms with Gasteiger partial charge in [0.05, 0.1) is 0 Å². The fourth-order valence-electron chi connectivity index (χ4n) is 6.20. The van der Waals surface area contributed by atoms with Crippen LogP contribution in [0.1, 0.15) is 49.7 Å². The van der Waals surface area contributed by atoms with Gasteiger partial charge in [0.15, 0.2) is 0 Å². The first-order valence-corrected chi connectivity index (χ1v) is 9.73. The third-order valence-corrected chi connectivity index (χ3v) is 7.42. The van der Waals surface area contributed by atoms with Crippen LogP contribution in [-0.2, 0) is 21.4 Å². The quantitative estimate of drug-likeness (QED) is 0.901. The maximum Gasteiger partial charge on any atom is 0.326 e. The fourth-order valence-corrected chi connectivity index (χ4v) is 6.20. The number of aliphatic carboxylic acids is 1. The first kappa shape index (κ1) is 15.4. The number of hydrogen-bond donors (Lipinski definition) is 1. The molecular weight excluding hydrogens is 314 g/mol. The fraction of sp³-hybridized carbons (Fsp3) is 0.619. The SMILES string of the molecule is O=C(O)C1C2CCCC2CN1C(=O)C1CC12CCCc1ccccc12. The smallest absolute Gasteiger partial charge is 0.326 e. The third kappa shape index (κ3) is 2.12. The van der Waals surface area contributed by atoms with Crippen molar-refractivity contribution < 1.29 is 14.7 Å². The standard InChI is InChI=1S/C21H25NO3/c23-19(22-12-14-6-3-8-15(14)18(22)20(24)25)17-11-21(17)10-4-7-13-5-1-2-9-16(13)21/h1-2,5,9,14-15,17-18H,3-4,6-8,10-12H2,(H,24,25). The molecule has 0 bridgehead atoms. The number of carboxylic acid groups (broad SMARTS) is 1. The largest absolute Gasteiger partial charge is 0.480 e. The van der Waals surface area contributed by atoms with Crippen LogP contribution >= 0.6 is 0 Å². The molecule has 1 amide bonds. The zero-order chi connectivity index (χ0) is 17.2. The predicted octanol–water partition coefficient (Wildman–Crippen LogP) is 2.99. The molecule has 1 spiro atoms. The van der Waals surface area contributed by atoms with E-state index < -0.39 is 12.0 Å². The lowest BCUT2D eigenvalue weighted by atomic mass is 9.78. The minimum Gasteiger partial charge on any atom is -0.480 e. The molecule has 2 saturated carbocycles. The van der Waals surface area contributed by atoms with Gasteiger partial charge in [-0.3, -0.25) is 4.79 Å². The van der Waals surface area contributed by atoms with Gasteiger partial charge in [0.2, 0.25) is 5.91 Å². The predicted molar refractivity (Wildman–Crippen MR) is 93.1 cm³/mol. The molecule has 5 rings (SSSR count). The normalized spacial score (nSPS) is 38.5. The summed E-state index contributed by atoms with van der Waals surface area (Å²) in [5.41, 5.74) is 2.73. The second-order valence-electron chi connectivity index (χ2n) is 8.55. The molecule has 1 aliphatic heterocycles. The van der Waals surface area contributed by atoms with Crippen LogP contribution in [0.15, 0.2) is 24.3 Å². The van der Waals surface area contributed by atoms with Crippen molar-refractivity contribution in [3.05, 3.63) is 35.4 Å². The summed E-state index contributed by atoms with van der Waals surface area (Å²) in [4.78, 5) is 26.9. The molecule has 1 aromatic carbocycles. The van der Waals surface area contributed by atoms with Gasteiger partial charge in [-0.15, -0.1) is 0 Å². The van der Waals surface area contributed by atoms with E-state index in [2.05, 4.69) is 24.3 Å². The zero-order valence-corrected chi connectivity index (χ0v) is 14.5. The number of aryl methyl sites for hydroxylation is 1. The molecule has 1 N–H and O–H groups in total. The van der Waals surface area contributed by atoms with E-state index >= 15 is 0 Å². The van der Waals surface area contributed by atoms with Crippen LogP contribution in [0.4, 0.5) is 0 Å². The topological polar surface area (TPSA) is 57.6 Å². The van der Waals surface area contributed by atoms with E-state index in [9.17, 15) is 14.7 Å². The van der Waals surface area contributed by atoms with Crippen molar-refractivity contribution in [2.75, 3.05) is 6.54 Å². The molecule has 132 valence electrons.